The van der Waals surface area contributed by atoms with Crippen LogP contribution in [-0.2, 0) is 7.05 Å². The van der Waals surface area contributed by atoms with Gasteiger partial charge < -0.3 is 10.2 Å². The number of nitrogens with one attached hydrogen (secondary N) is 1. The molecule has 1 fully saturated rings. The Morgan fingerprint density at radius 2 is 2.29 bits per heavy atom. The van der Waals surface area contributed by atoms with Crippen molar-refractivity contribution in [2.75, 3.05) is 24.5 Å². The summed E-state index contributed by atoms with van der Waals surface area (Å²) in [5.74, 6) is 0.896. The van der Waals surface area contributed by atoms with E-state index >= 15 is 0 Å². The van der Waals surface area contributed by atoms with Gasteiger partial charge in [-0.25, -0.2) is 4.68 Å². The fourth-order valence-electron chi connectivity index (χ4n) is 2.39. The molecule has 0 aliphatic carbocycles. The number of tetrazole rings is 1. The maximum absolute atomic E-state index is 4.12. The van der Waals surface area contributed by atoms with Gasteiger partial charge in [0.1, 0.15) is 0 Å². The van der Waals surface area contributed by atoms with E-state index in [-0.39, 0.29) is 0 Å². The Bertz CT molecular complexity index is 336. The van der Waals surface area contributed by atoms with E-state index in [0.717, 1.165) is 25.6 Å². The van der Waals surface area contributed by atoms with Crippen LogP contribution in [0.15, 0.2) is 0 Å². The minimum Gasteiger partial charge on any atom is -0.335 e. The van der Waals surface area contributed by atoms with E-state index in [1.54, 1.807) is 4.68 Å². The van der Waals surface area contributed by atoms with Gasteiger partial charge in [0.25, 0.3) is 0 Å². The van der Waals surface area contributed by atoms with Gasteiger partial charge in [0, 0.05) is 26.2 Å². The fraction of sp³-hybridized carbons (Fsp3) is 0.909. The summed E-state index contributed by atoms with van der Waals surface area (Å²) in [6.45, 7) is 5.37. The first-order valence-corrected chi connectivity index (χ1v) is 6.52. The number of rotatable bonds is 5. The van der Waals surface area contributed by atoms with Crippen molar-refractivity contribution in [3.8, 4) is 0 Å². The van der Waals surface area contributed by atoms with Crippen molar-refractivity contribution in [2.24, 2.45) is 7.05 Å². The van der Waals surface area contributed by atoms with Crippen LogP contribution >= 0.6 is 0 Å². The lowest BCUT2D eigenvalue weighted by molar-refractivity contribution is 0.425. The van der Waals surface area contributed by atoms with Crippen molar-refractivity contribution in [1.82, 2.24) is 25.5 Å². The summed E-state index contributed by atoms with van der Waals surface area (Å²) >= 11 is 0. The molecule has 1 unspecified atom stereocenters. The number of aryl methyl sites for hydroxylation is 1. The number of hydrogen-bond acceptors (Lipinski definition) is 5. The highest BCUT2D eigenvalue weighted by molar-refractivity contribution is 5.30. The van der Waals surface area contributed by atoms with Gasteiger partial charge in [0.05, 0.1) is 0 Å². The summed E-state index contributed by atoms with van der Waals surface area (Å²) in [4.78, 5) is 2.34. The van der Waals surface area contributed by atoms with Crippen LogP contribution in [0.4, 0.5) is 5.95 Å². The first kappa shape index (κ1) is 12.3. The molecule has 0 spiro atoms. The molecule has 0 radical (unpaired) electrons. The molecule has 6 heteroatoms. The maximum atomic E-state index is 4.12. The smallest absolute Gasteiger partial charge is 0.245 e. The summed E-state index contributed by atoms with van der Waals surface area (Å²) in [5, 5.41) is 15.3. The summed E-state index contributed by atoms with van der Waals surface area (Å²) in [6.07, 6.45) is 4.94. The van der Waals surface area contributed by atoms with Crippen LogP contribution in [0.3, 0.4) is 0 Å². The van der Waals surface area contributed by atoms with Crippen LogP contribution in [0.2, 0.25) is 0 Å². The van der Waals surface area contributed by atoms with Gasteiger partial charge in [-0.05, 0) is 42.7 Å². The molecule has 0 saturated carbocycles. The number of nitrogens with zero attached hydrogens (tertiary/aromatic N) is 5. The van der Waals surface area contributed by atoms with Crippen LogP contribution in [0.1, 0.15) is 32.6 Å². The molecule has 1 aromatic heterocycles. The van der Waals surface area contributed by atoms with Crippen LogP contribution in [0.25, 0.3) is 0 Å². The Labute approximate surface area is 102 Å². The third-order valence-electron chi connectivity index (χ3n) is 3.29. The van der Waals surface area contributed by atoms with Gasteiger partial charge in [-0.1, -0.05) is 12.0 Å². The Balaban J connectivity index is 1.99. The second-order valence-corrected chi connectivity index (χ2v) is 4.65. The van der Waals surface area contributed by atoms with E-state index in [9.17, 15) is 0 Å². The monoisotopic (exact) mass is 238 g/mol. The number of anilines is 1. The predicted molar refractivity (Wildman–Crippen MR) is 66.9 cm³/mol. The average molecular weight is 238 g/mol. The Kier molecular flexibility index (Phi) is 4.30. The number of aromatic nitrogens is 4. The zero-order valence-electron chi connectivity index (χ0n) is 10.8. The molecule has 6 nitrogen and oxygen atoms in total. The summed E-state index contributed by atoms with van der Waals surface area (Å²) in [5.41, 5.74) is 0. The van der Waals surface area contributed by atoms with Crippen molar-refractivity contribution in [3.63, 3.8) is 0 Å². The van der Waals surface area contributed by atoms with E-state index in [4.69, 9.17) is 0 Å². The lowest BCUT2D eigenvalue weighted by Crippen LogP contribution is -2.46. The van der Waals surface area contributed by atoms with E-state index in [2.05, 4.69) is 32.7 Å². The van der Waals surface area contributed by atoms with E-state index in [1.165, 1.54) is 25.7 Å². The first-order valence-electron chi connectivity index (χ1n) is 6.52. The van der Waals surface area contributed by atoms with Crippen molar-refractivity contribution in [3.05, 3.63) is 0 Å². The van der Waals surface area contributed by atoms with Crippen molar-refractivity contribution >= 4 is 5.95 Å². The maximum Gasteiger partial charge on any atom is 0.245 e. The minimum atomic E-state index is 0.528. The molecule has 1 atom stereocenters. The van der Waals surface area contributed by atoms with Gasteiger partial charge in [0.15, 0.2) is 0 Å². The second-order valence-electron chi connectivity index (χ2n) is 4.65. The highest BCUT2D eigenvalue weighted by Crippen LogP contribution is 2.21. The van der Waals surface area contributed by atoms with Crippen LogP contribution in [-0.4, -0.2) is 45.9 Å². The molecule has 1 aromatic rings. The molecule has 2 heterocycles. The Hall–Kier alpha value is -1.17. The highest BCUT2D eigenvalue weighted by atomic mass is 15.6. The highest BCUT2D eigenvalue weighted by Gasteiger charge is 2.25. The topological polar surface area (TPSA) is 58.9 Å². The molecule has 1 saturated heterocycles. The van der Waals surface area contributed by atoms with E-state index in [0.29, 0.717) is 6.04 Å². The lowest BCUT2D eigenvalue weighted by atomic mass is 10.0. The molecule has 1 aliphatic rings. The van der Waals surface area contributed by atoms with Gasteiger partial charge >= 0.3 is 0 Å². The second kappa shape index (κ2) is 5.95. The molecule has 0 bridgehead atoms. The summed E-state index contributed by atoms with van der Waals surface area (Å²) < 4.78 is 1.76. The molecule has 17 heavy (non-hydrogen) atoms. The van der Waals surface area contributed by atoms with Gasteiger partial charge in [-0.2, -0.15) is 0 Å². The average Bonchev–Trinajstić information content (AvgIpc) is 2.76. The third-order valence-corrected chi connectivity index (χ3v) is 3.29. The molecule has 1 N–H and O–H groups in total. The standard InChI is InChI=1S/C11H22N6/c1-3-7-12-9-10-6-4-5-8-17(10)11-13-14-15-16(11)2/h10,12H,3-9H2,1-2H3. The summed E-state index contributed by atoms with van der Waals surface area (Å²) in [7, 11) is 1.90. The molecule has 0 amide bonds. The van der Waals surface area contributed by atoms with Gasteiger partial charge in [0.2, 0.25) is 5.95 Å². The third kappa shape index (κ3) is 2.94. The number of piperidine rings is 1. The molecule has 96 valence electrons. The largest absolute Gasteiger partial charge is 0.335 e. The molecule has 2 rings (SSSR count). The molecular formula is C11H22N6. The Morgan fingerprint density at radius 1 is 1.41 bits per heavy atom. The lowest BCUT2D eigenvalue weighted by Gasteiger charge is -2.35. The predicted octanol–water partition coefficient (Wildman–Crippen LogP) is 0.569. The number of hydrogen-bond donors (Lipinski definition) is 1. The van der Waals surface area contributed by atoms with Crippen LogP contribution in [0.5, 0.6) is 0 Å². The zero-order chi connectivity index (χ0) is 12.1. The van der Waals surface area contributed by atoms with Crippen molar-refractivity contribution in [2.45, 2.75) is 38.6 Å². The molecule has 1 aliphatic heterocycles. The zero-order valence-corrected chi connectivity index (χ0v) is 10.8. The quantitative estimate of drug-likeness (QED) is 0.760. The first-order chi connectivity index (χ1) is 8.33. The SMILES string of the molecule is CCCNCC1CCCCN1c1nnnn1C. The van der Waals surface area contributed by atoms with Crippen LogP contribution < -0.4 is 10.2 Å². The molecule has 0 aromatic carbocycles. The minimum absolute atomic E-state index is 0.528. The van der Waals surface area contributed by atoms with Crippen molar-refractivity contribution in [1.29, 1.82) is 0 Å². The summed E-state index contributed by atoms with van der Waals surface area (Å²) in [6, 6.07) is 0.528. The van der Waals surface area contributed by atoms with Gasteiger partial charge in [-0.3, -0.25) is 0 Å². The normalized spacial score (nSPS) is 20.8. The van der Waals surface area contributed by atoms with E-state index < -0.39 is 0 Å². The van der Waals surface area contributed by atoms with E-state index in [1.807, 2.05) is 7.05 Å². The molecular weight excluding hydrogens is 216 g/mol. The van der Waals surface area contributed by atoms with Crippen LogP contribution in [0, 0.1) is 0 Å². The Morgan fingerprint density at radius 3 is 3.00 bits per heavy atom. The fourth-order valence-corrected chi connectivity index (χ4v) is 2.39. The van der Waals surface area contributed by atoms with Gasteiger partial charge in [-0.15, -0.1) is 0 Å². The van der Waals surface area contributed by atoms with Crippen molar-refractivity contribution < 1.29 is 0 Å².